The smallest absolute Gasteiger partial charge is 0.337 e. The van der Waals surface area contributed by atoms with E-state index in [-0.39, 0.29) is 17.4 Å². The van der Waals surface area contributed by atoms with Gasteiger partial charge in [0.25, 0.3) is 0 Å². The maximum Gasteiger partial charge on any atom is 0.337 e. The lowest BCUT2D eigenvalue weighted by Gasteiger charge is -2.06. The number of primary amides is 1. The number of amides is 1. The summed E-state index contributed by atoms with van der Waals surface area (Å²) >= 11 is 0. The number of carbonyl (C=O) groups excluding carboxylic acids is 1. The van der Waals surface area contributed by atoms with Crippen molar-refractivity contribution in [3.05, 3.63) is 65.2 Å². The molecule has 2 aromatic carbocycles. The lowest BCUT2D eigenvalue weighted by Crippen LogP contribution is -2.21. The summed E-state index contributed by atoms with van der Waals surface area (Å²) in [7, 11) is 0. The van der Waals surface area contributed by atoms with E-state index < -0.39 is 11.9 Å². The fourth-order valence-corrected chi connectivity index (χ4v) is 1.76. The van der Waals surface area contributed by atoms with Crippen molar-refractivity contribution in [1.82, 2.24) is 0 Å². The van der Waals surface area contributed by atoms with E-state index in [2.05, 4.69) is 5.32 Å². The number of para-hydroxylation sites is 1. The Balaban J connectivity index is 0.000000251. The van der Waals surface area contributed by atoms with Crippen LogP contribution in [0.25, 0.3) is 0 Å². The highest BCUT2D eigenvalue weighted by atomic mass is 16.4. The first-order chi connectivity index (χ1) is 11.7. The van der Waals surface area contributed by atoms with Gasteiger partial charge in [-0.1, -0.05) is 24.3 Å². The first-order valence-corrected chi connectivity index (χ1v) is 6.90. The van der Waals surface area contributed by atoms with Crippen LogP contribution in [0.15, 0.2) is 48.5 Å². The van der Waals surface area contributed by atoms with Gasteiger partial charge in [-0.15, -0.1) is 0 Å². The summed E-state index contributed by atoms with van der Waals surface area (Å²) in [5.74, 6) is -1.92. The van der Waals surface area contributed by atoms with Crippen molar-refractivity contribution < 1.29 is 14.7 Å². The fraction of sp³-hybridized carbons (Fsp3) is 0. The molecule has 0 aliphatic rings. The van der Waals surface area contributed by atoms with Gasteiger partial charge in [0.1, 0.15) is 5.84 Å². The second kappa shape index (κ2) is 8.67. The zero-order valence-electron chi connectivity index (χ0n) is 13.1. The monoisotopic (exact) mass is 342 g/mol. The minimum Gasteiger partial charge on any atom is -0.478 e. The summed E-state index contributed by atoms with van der Waals surface area (Å²) in [5, 5.41) is 25.2. The molecule has 1 amide bonds. The van der Waals surface area contributed by atoms with Crippen molar-refractivity contribution in [1.29, 1.82) is 10.8 Å². The number of hydrogen-bond donors (Lipinski definition) is 7. The van der Waals surface area contributed by atoms with E-state index in [1.807, 2.05) is 0 Å². The number of amidine groups is 1. The van der Waals surface area contributed by atoms with E-state index in [0.29, 0.717) is 16.8 Å². The molecule has 0 atom stereocenters. The number of hydrogen-bond acceptors (Lipinski definition) is 4. The molecule has 0 aliphatic heterocycles. The van der Waals surface area contributed by atoms with E-state index in [9.17, 15) is 9.59 Å². The molecule has 2 rings (SSSR count). The number of carboxylic acid groups (broad SMARTS) is 1. The molecule has 0 spiro atoms. The molecule has 0 fully saturated rings. The van der Waals surface area contributed by atoms with Gasteiger partial charge in [0.15, 0.2) is 5.96 Å². The SMILES string of the molecule is N=C(N)Nc1ccccc1C(=O)O.N=C(N)c1cccc(C(N)=O)c1. The topological polar surface area (TPSA) is 192 Å². The van der Waals surface area contributed by atoms with Crippen molar-refractivity contribution in [2.45, 2.75) is 0 Å². The van der Waals surface area contributed by atoms with Crippen LogP contribution in [0.3, 0.4) is 0 Å². The van der Waals surface area contributed by atoms with Crippen LogP contribution in [0.2, 0.25) is 0 Å². The van der Waals surface area contributed by atoms with E-state index in [0.717, 1.165) is 0 Å². The van der Waals surface area contributed by atoms with Crippen molar-refractivity contribution in [2.24, 2.45) is 17.2 Å². The van der Waals surface area contributed by atoms with Gasteiger partial charge in [-0.25, -0.2) is 4.79 Å². The van der Waals surface area contributed by atoms with Crippen molar-refractivity contribution in [3.8, 4) is 0 Å². The van der Waals surface area contributed by atoms with Crippen LogP contribution in [0, 0.1) is 10.8 Å². The Labute approximate surface area is 143 Å². The third-order valence-corrected chi connectivity index (χ3v) is 2.88. The van der Waals surface area contributed by atoms with Crippen LogP contribution < -0.4 is 22.5 Å². The summed E-state index contributed by atoms with van der Waals surface area (Å²) in [6.07, 6.45) is 0. The molecular formula is C16H18N6O3. The zero-order valence-corrected chi connectivity index (χ0v) is 13.1. The highest BCUT2D eigenvalue weighted by Gasteiger charge is 2.08. The van der Waals surface area contributed by atoms with Gasteiger partial charge in [0.05, 0.1) is 11.3 Å². The predicted molar refractivity (Wildman–Crippen MR) is 94.9 cm³/mol. The number of rotatable bonds is 4. The van der Waals surface area contributed by atoms with Crippen LogP contribution in [0.5, 0.6) is 0 Å². The molecule has 0 aromatic heterocycles. The lowest BCUT2D eigenvalue weighted by molar-refractivity contribution is 0.0697. The molecular weight excluding hydrogens is 324 g/mol. The number of nitrogens with two attached hydrogens (primary N) is 3. The average Bonchev–Trinajstić information content (AvgIpc) is 2.55. The Morgan fingerprint density at radius 1 is 0.920 bits per heavy atom. The fourth-order valence-electron chi connectivity index (χ4n) is 1.76. The van der Waals surface area contributed by atoms with Crippen LogP contribution in [0.4, 0.5) is 5.69 Å². The number of nitrogen functional groups attached to an aromatic ring is 1. The highest BCUT2D eigenvalue weighted by Crippen LogP contribution is 2.13. The molecule has 0 unspecified atom stereocenters. The molecule has 25 heavy (non-hydrogen) atoms. The first kappa shape index (κ1) is 19.2. The Morgan fingerprint density at radius 2 is 1.52 bits per heavy atom. The normalized spacial score (nSPS) is 9.28. The van der Waals surface area contributed by atoms with Crippen LogP contribution >= 0.6 is 0 Å². The quantitative estimate of drug-likeness (QED) is 0.316. The number of anilines is 1. The number of carboxylic acids is 1. The molecule has 130 valence electrons. The minimum absolute atomic E-state index is 0.0712. The standard InChI is InChI=1S/C8H9N3O2.C8H9N3O/c9-8(10)11-6-4-2-1-3-5(6)7(12)13;9-7(10)5-2-1-3-6(4-5)8(11)12/h1-4H,(H,12,13)(H4,9,10,11);1-4H,(H3,9,10)(H2,11,12). The largest absolute Gasteiger partial charge is 0.478 e. The first-order valence-electron chi connectivity index (χ1n) is 6.90. The number of nitrogens with one attached hydrogen (secondary N) is 3. The van der Waals surface area contributed by atoms with Gasteiger partial charge in [-0.3, -0.25) is 15.6 Å². The van der Waals surface area contributed by atoms with E-state index >= 15 is 0 Å². The van der Waals surface area contributed by atoms with Crippen LogP contribution in [-0.4, -0.2) is 28.8 Å². The van der Waals surface area contributed by atoms with E-state index in [4.69, 9.17) is 33.1 Å². The lowest BCUT2D eigenvalue weighted by atomic mass is 10.1. The molecule has 0 heterocycles. The van der Waals surface area contributed by atoms with E-state index in [1.54, 1.807) is 36.4 Å². The second-order valence-corrected chi connectivity index (χ2v) is 4.75. The third kappa shape index (κ3) is 6.02. The van der Waals surface area contributed by atoms with Crippen molar-refractivity contribution >= 4 is 29.4 Å². The Bertz CT molecular complexity index is 790. The zero-order chi connectivity index (χ0) is 19.0. The molecule has 0 saturated heterocycles. The molecule has 0 saturated carbocycles. The molecule has 10 N–H and O–H groups in total. The van der Waals surface area contributed by atoms with Crippen LogP contribution in [-0.2, 0) is 0 Å². The third-order valence-electron chi connectivity index (χ3n) is 2.88. The maximum absolute atomic E-state index is 10.7. The highest BCUT2D eigenvalue weighted by molar-refractivity contribution is 6.00. The summed E-state index contributed by atoms with van der Waals surface area (Å²) in [5.41, 5.74) is 16.6. The molecule has 0 bridgehead atoms. The Kier molecular flexibility index (Phi) is 6.65. The van der Waals surface area contributed by atoms with E-state index in [1.165, 1.54) is 12.1 Å². The van der Waals surface area contributed by atoms with Crippen molar-refractivity contribution in [2.75, 3.05) is 5.32 Å². The second-order valence-electron chi connectivity index (χ2n) is 4.75. The van der Waals surface area contributed by atoms with Gasteiger partial charge in [-0.2, -0.15) is 0 Å². The summed E-state index contributed by atoms with van der Waals surface area (Å²) in [6.45, 7) is 0. The number of guanidine groups is 1. The maximum atomic E-state index is 10.7. The number of aromatic carboxylic acids is 1. The summed E-state index contributed by atoms with van der Waals surface area (Å²) < 4.78 is 0. The molecule has 2 aromatic rings. The summed E-state index contributed by atoms with van der Waals surface area (Å²) in [6, 6.07) is 12.6. The average molecular weight is 342 g/mol. The van der Waals surface area contributed by atoms with Gasteiger partial charge < -0.3 is 27.6 Å². The van der Waals surface area contributed by atoms with Gasteiger partial charge in [0, 0.05) is 11.1 Å². The van der Waals surface area contributed by atoms with Gasteiger partial charge in [-0.05, 0) is 24.3 Å². The number of benzene rings is 2. The van der Waals surface area contributed by atoms with Crippen molar-refractivity contribution in [3.63, 3.8) is 0 Å². The molecule has 9 heteroatoms. The summed E-state index contributed by atoms with van der Waals surface area (Å²) in [4.78, 5) is 21.3. The molecule has 0 aliphatic carbocycles. The van der Waals surface area contributed by atoms with Gasteiger partial charge in [0.2, 0.25) is 5.91 Å². The number of carbonyl (C=O) groups is 2. The van der Waals surface area contributed by atoms with Crippen LogP contribution in [0.1, 0.15) is 26.3 Å². The minimum atomic E-state index is -1.05. The molecule has 9 nitrogen and oxygen atoms in total. The Hall–Kier alpha value is -3.88. The molecule has 0 radical (unpaired) electrons. The predicted octanol–water partition coefficient (Wildman–Crippen LogP) is 0.760. The Morgan fingerprint density at radius 3 is 2.04 bits per heavy atom. The van der Waals surface area contributed by atoms with Gasteiger partial charge >= 0.3 is 5.97 Å².